The molecule has 2 aromatic rings. The van der Waals surface area contributed by atoms with Crippen LogP contribution in [0.2, 0.25) is 0 Å². The van der Waals surface area contributed by atoms with Crippen molar-refractivity contribution in [3.63, 3.8) is 0 Å². The summed E-state index contributed by atoms with van der Waals surface area (Å²) in [6, 6.07) is 7.47. The van der Waals surface area contributed by atoms with Gasteiger partial charge in [-0.05, 0) is 17.7 Å². The van der Waals surface area contributed by atoms with Gasteiger partial charge in [-0.25, -0.2) is 4.79 Å². The SMILES string of the molecule is C=CCOc1nn(Cc2ccc(OC)cc2)cc1C(=O)O. The van der Waals surface area contributed by atoms with E-state index in [9.17, 15) is 4.79 Å². The number of aromatic nitrogens is 2. The molecule has 0 saturated heterocycles. The second-order valence-electron chi connectivity index (χ2n) is 4.30. The van der Waals surface area contributed by atoms with E-state index in [2.05, 4.69) is 11.7 Å². The van der Waals surface area contributed by atoms with Gasteiger partial charge in [0.25, 0.3) is 0 Å². The van der Waals surface area contributed by atoms with Gasteiger partial charge in [-0.3, -0.25) is 4.68 Å². The first-order chi connectivity index (χ1) is 10.1. The Kier molecular flexibility index (Phi) is 4.61. The number of aromatic carboxylic acids is 1. The van der Waals surface area contributed by atoms with Crippen molar-refractivity contribution in [2.75, 3.05) is 13.7 Å². The molecule has 0 fully saturated rings. The number of carboxylic acids is 1. The fourth-order valence-electron chi connectivity index (χ4n) is 1.79. The summed E-state index contributed by atoms with van der Waals surface area (Å²) in [6.07, 6.45) is 2.99. The Morgan fingerprint density at radius 3 is 2.71 bits per heavy atom. The van der Waals surface area contributed by atoms with Crippen molar-refractivity contribution in [3.8, 4) is 11.6 Å². The molecule has 21 heavy (non-hydrogen) atoms. The van der Waals surface area contributed by atoms with Crippen molar-refractivity contribution >= 4 is 5.97 Å². The molecule has 0 atom stereocenters. The van der Waals surface area contributed by atoms with Crippen LogP contribution in [0.25, 0.3) is 0 Å². The Bertz CT molecular complexity index is 632. The number of hydrogen-bond acceptors (Lipinski definition) is 4. The van der Waals surface area contributed by atoms with Gasteiger partial charge in [0.05, 0.1) is 13.7 Å². The van der Waals surface area contributed by atoms with Crippen molar-refractivity contribution in [2.45, 2.75) is 6.54 Å². The number of ether oxygens (including phenoxy) is 2. The highest BCUT2D eigenvalue weighted by molar-refractivity contribution is 5.89. The molecule has 6 nitrogen and oxygen atoms in total. The van der Waals surface area contributed by atoms with E-state index >= 15 is 0 Å². The van der Waals surface area contributed by atoms with Crippen molar-refractivity contribution in [2.24, 2.45) is 0 Å². The van der Waals surface area contributed by atoms with Crippen LogP contribution in [0.4, 0.5) is 0 Å². The maximum absolute atomic E-state index is 11.2. The molecule has 1 aromatic carbocycles. The Hall–Kier alpha value is -2.76. The molecule has 0 amide bonds. The molecule has 1 aromatic heterocycles. The van der Waals surface area contributed by atoms with Gasteiger partial charge in [0.2, 0.25) is 5.88 Å². The van der Waals surface area contributed by atoms with E-state index in [-0.39, 0.29) is 18.1 Å². The Morgan fingerprint density at radius 2 is 2.14 bits per heavy atom. The standard InChI is InChI=1S/C15H16N2O4/c1-3-8-21-14-13(15(18)19)10-17(16-14)9-11-4-6-12(20-2)7-5-11/h3-7,10H,1,8-9H2,2H3,(H,18,19). The second kappa shape index (κ2) is 6.60. The first kappa shape index (κ1) is 14.6. The van der Waals surface area contributed by atoms with Crippen LogP contribution in [0.1, 0.15) is 15.9 Å². The van der Waals surface area contributed by atoms with E-state index in [4.69, 9.17) is 14.6 Å². The van der Waals surface area contributed by atoms with Crippen LogP contribution in [0.3, 0.4) is 0 Å². The summed E-state index contributed by atoms with van der Waals surface area (Å²) >= 11 is 0. The summed E-state index contributed by atoms with van der Waals surface area (Å²) in [7, 11) is 1.60. The normalized spacial score (nSPS) is 10.1. The fourth-order valence-corrected chi connectivity index (χ4v) is 1.79. The Balaban J connectivity index is 2.18. The third-order valence-electron chi connectivity index (χ3n) is 2.80. The predicted molar refractivity (Wildman–Crippen MR) is 77.0 cm³/mol. The average molecular weight is 288 g/mol. The number of methoxy groups -OCH3 is 1. The minimum atomic E-state index is -1.07. The molecular weight excluding hydrogens is 272 g/mol. The lowest BCUT2D eigenvalue weighted by molar-refractivity contribution is 0.0692. The summed E-state index contributed by atoms with van der Waals surface area (Å²) in [6.45, 7) is 4.18. The van der Waals surface area contributed by atoms with E-state index in [1.807, 2.05) is 24.3 Å². The summed E-state index contributed by atoms with van der Waals surface area (Å²) in [5.74, 6) is -0.216. The van der Waals surface area contributed by atoms with Crippen LogP contribution in [-0.2, 0) is 6.54 Å². The third-order valence-corrected chi connectivity index (χ3v) is 2.80. The van der Waals surface area contributed by atoms with E-state index < -0.39 is 5.97 Å². The molecular formula is C15H16N2O4. The molecule has 0 unspecified atom stereocenters. The molecule has 0 bridgehead atoms. The zero-order chi connectivity index (χ0) is 15.2. The molecule has 0 aliphatic rings. The van der Waals surface area contributed by atoms with Crippen molar-refractivity contribution in [1.29, 1.82) is 0 Å². The average Bonchev–Trinajstić information content (AvgIpc) is 2.89. The zero-order valence-corrected chi connectivity index (χ0v) is 11.7. The lowest BCUT2D eigenvalue weighted by atomic mass is 10.2. The van der Waals surface area contributed by atoms with Gasteiger partial charge in [-0.2, -0.15) is 0 Å². The molecule has 0 radical (unpaired) electrons. The minimum absolute atomic E-state index is 0.0327. The van der Waals surface area contributed by atoms with Crippen LogP contribution >= 0.6 is 0 Å². The molecule has 0 aliphatic heterocycles. The first-order valence-electron chi connectivity index (χ1n) is 6.31. The van der Waals surface area contributed by atoms with Crippen molar-refractivity contribution in [1.82, 2.24) is 9.78 Å². The van der Waals surface area contributed by atoms with E-state index in [1.165, 1.54) is 17.0 Å². The first-order valence-corrected chi connectivity index (χ1v) is 6.31. The number of benzene rings is 1. The van der Waals surface area contributed by atoms with Crippen LogP contribution < -0.4 is 9.47 Å². The van der Waals surface area contributed by atoms with Gasteiger partial charge < -0.3 is 14.6 Å². The largest absolute Gasteiger partial charge is 0.497 e. The molecule has 6 heteroatoms. The van der Waals surface area contributed by atoms with Gasteiger partial charge in [-0.1, -0.05) is 24.8 Å². The van der Waals surface area contributed by atoms with Crippen LogP contribution in [-0.4, -0.2) is 34.6 Å². The molecule has 1 N–H and O–H groups in total. The number of carbonyl (C=O) groups is 1. The lowest BCUT2D eigenvalue weighted by Crippen LogP contribution is -2.01. The summed E-state index contributed by atoms with van der Waals surface area (Å²) in [5, 5.41) is 13.3. The molecule has 2 rings (SSSR count). The second-order valence-corrected chi connectivity index (χ2v) is 4.30. The minimum Gasteiger partial charge on any atom is -0.497 e. The summed E-state index contributed by atoms with van der Waals surface area (Å²) in [5.41, 5.74) is 1.01. The Labute approximate surface area is 122 Å². The quantitative estimate of drug-likeness (QED) is 0.791. The van der Waals surface area contributed by atoms with E-state index in [0.717, 1.165) is 11.3 Å². The highest BCUT2D eigenvalue weighted by Gasteiger charge is 2.16. The smallest absolute Gasteiger partial charge is 0.342 e. The molecule has 1 heterocycles. The molecule has 0 saturated carbocycles. The third kappa shape index (κ3) is 3.62. The molecule has 110 valence electrons. The monoisotopic (exact) mass is 288 g/mol. The van der Waals surface area contributed by atoms with Gasteiger partial charge in [0.1, 0.15) is 17.9 Å². The zero-order valence-electron chi connectivity index (χ0n) is 11.7. The Morgan fingerprint density at radius 1 is 1.43 bits per heavy atom. The maximum atomic E-state index is 11.2. The van der Waals surface area contributed by atoms with Gasteiger partial charge in [0.15, 0.2) is 0 Å². The predicted octanol–water partition coefficient (Wildman–Crippen LogP) is 2.20. The number of rotatable bonds is 7. The van der Waals surface area contributed by atoms with Crippen molar-refractivity contribution in [3.05, 3.63) is 54.2 Å². The van der Waals surface area contributed by atoms with Crippen LogP contribution in [0, 0.1) is 0 Å². The fraction of sp³-hybridized carbons (Fsp3) is 0.200. The number of nitrogens with zero attached hydrogens (tertiary/aromatic N) is 2. The lowest BCUT2D eigenvalue weighted by Gasteiger charge is -2.03. The van der Waals surface area contributed by atoms with E-state index in [0.29, 0.717) is 6.54 Å². The van der Waals surface area contributed by atoms with Crippen LogP contribution in [0.5, 0.6) is 11.6 Å². The van der Waals surface area contributed by atoms with Crippen LogP contribution in [0.15, 0.2) is 43.1 Å². The summed E-state index contributed by atoms with van der Waals surface area (Å²) < 4.78 is 11.9. The van der Waals surface area contributed by atoms with E-state index in [1.54, 1.807) is 7.11 Å². The maximum Gasteiger partial charge on any atom is 0.342 e. The molecule has 0 aliphatic carbocycles. The molecule has 0 spiro atoms. The van der Waals surface area contributed by atoms with Gasteiger partial charge in [0, 0.05) is 6.20 Å². The number of carboxylic acid groups (broad SMARTS) is 1. The topological polar surface area (TPSA) is 73.6 Å². The van der Waals surface area contributed by atoms with Gasteiger partial charge >= 0.3 is 5.97 Å². The van der Waals surface area contributed by atoms with Gasteiger partial charge in [-0.15, -0.1) is 5.10 Å². The number of hydrogen-bond donors (Lipinski definition) is 1. The highest BCUT2D eigenvalue weighted by atomic mass is 16.5. The van der Waals surface area contributed by atoms with Crippen molar-refractivity contribution < 1.29 is 19.4 Å². The highest BCUT2D eigenvalue weighted by Crippen LogP contribution is 2.18. The summed E-state index contributed by atoms with van der Waals surface area (Å²) in [4.78, 5) is 11.2.